The zero-order chi connectivity index (χ0) is 24.7. The van der Waals surface area contributed by atoms with Crippen molar-refractivity contribution in [2.24, 2.45) is 0 Å². The number of halogens is 6. The molecule has 0 saturated heterocycles. The number of amides is 2. The Kier molecular flexibility index (Phi) is 6.58. The lowest BCUT2D eigenvalue weighted by molar-refractivity contribution is -0.175. The molecule has 0 aliphatic heterocycles. The molecular formula is C20H15Cl2F4N3O4. The highest BCUT2D eigenvalue weighted by Gasteiger charge is 2.55. The SMILES string of the molecule is C[C@@H](NC(=O)C1(NC(=O)C(F)(F)F)CC1)c1ncc(-c2cc(Cl)cc(Cl)c2C(=O)O)cc1F. The van der Waals surface area contributed by atoms with E-state index in [1.807, 2.05) is 0 Å². The number of aromatic nitrogens is 1. The first-order chi connectivity index (χ1) is 15.2. The number of nitrogens with zero attached hydrogens (tertiary/aromatic N) is 1. The molecule has 1 aromatic heterocycles. The molecule has 2 aromatic rings. The molecule has 1 aromatic carbocycles. The van der Waals surface area contributed by atoms with Gasteiger partial charge < -0.3 is 15.7 Å². The van der Waals surface area contributed by atoms with E-state index in [-0.39, 0.29) is 45.3 Å². The number of nitrogens with one attached hydrogen (secondary N) is 2. The standard InChI is InChI=1S/C20H15Cl2F4N3O4/c1-8(28-17(32)19(2-3-19)29-18(33)20(24,25)26)15-13(23)4-9(7-27-15)11-5-10(21)6-12(22)14(11)16(30)31/h4-8H,2-3H2,1H3,(H,28,32)(H,29,33)(H,30,31)/t8-/m1/s1. The average Bonchev–Trinajstić information content (AvgIpc) is 3.46. The highest BCUT2D eigenvalue weighted by molar-refractivity contribution is 6.37. The van der Waals surface area contributed by atoms with Crippen molar-refractivity contribution >= 4 is 41.0 Å². The van der Waals surface area contributed by atoms with Crippen molar-refractivity contribution in [2.75, 3.05) is 0 Å². The summed E-state index contributed by atoms with van der Waals surface area (Å²) in [5, 5.41) is 13.4. The van der Waals surface area contributed by atoms with E-state index in [0.717, 1.165) is 12.3 Å². The fourth-order valence-electron chi connectivity index (χ4n) is 3.16. The molecule has 1 atom stereocenters. The van der Waals surface area contributed by atoms with E-state index < -0.39 is 41.4 Å². The van der Waals surface area contributed by atoms with Gasteiger partial charge in [0.25, 0.3) is 0 Å². The van der Waals surface area contributed by atoms with Crippen molar-refractivity contribution in [3.8, 4) is 11.1 Å². The Labute approximate surface area is 194 Å². The molecule has 0 radical (unpaired) electrons. The molecule has 3 rings (SSSR count). The highest BCUT2D eigenvalue weighted by Crippen LogP contribution is 2.38. The molecule has 0 bridgehead atoms. The Bertz CT molecular complexity index is 1150. The molecule has 1 fully saturated rings. The van der Waals surface area contributed by atoms with Gasteiger partial charge in [-0.2, -0.15) is 13.2 Å². The maximum atomic E-state index is 14.8. The third-order valence-electron chi connectivity index (χ3n) is 5.00. The van der Waals surface area contributed by atoms with Gasteiger partial charge in [-0.3, -0.25) is 14.6 Å². The second-order valence-electron chi connectivity index (χ2n) is 7.44. The minimum absolute atomic E-state index is 0.00425. The molecular weight excluding hydrogens is 493 g/mol. The number of hydrogen-bond acceptors (Lipinski definition) is 4. The fraction of sp³-hybridized carbons (Fsp3) is 0.300. The minimum atomic E-state index is -5.15. The maximum absolute atomic E-state index is 14.8. The van der Waals surface area contributed by atoms with Gasteiger partial charge in [0.1, 0.15) is 11.4 Å². The number of pyridine rings is 1. The third-order valence-corrected chi connectivity index (χ3v) is 5.52. The molecule has 1 aliphatic rings. The number of carbonyl (C=O) groups excluding carboxylic acids is 2. The van der Waals surface area contributed by atoms with Gasteiger partial charge >= 0.3 is 18.1 Å². The molecule has 7 nitrogen and oxygen atoms in total. The first kappa shape index (κ1) is 24.7. The summed E-state index contributed by atoms with van der Waals surface area (Å²) >= 11 is 11.9. The van der Waals surface area contributed by atoms with Crippen LogP contribution in [0, 0.1) is 5.82 Å². The molecule has 1 aliphatic carbocycles. The summed E-state index contributed by atoms with van der Waals surface area (Å²) < 4.78 is 52.3. The Morgan fingerprint density at radius 3 is 2.33 bits per heavy atom. The predicted octanol–water partition coefficient (Wildman–Crippen LogP) is 4.28. The van der Waals surface area contributed by atoms with E-state index in [2.05, 4.69) is 10.3 Å². The van der Waals surface area contributed by atoms with Crippen molar-refractivity contribution in [2.45, 2.75) is 37.5 Å². The number of hydrogen-bond donors (Lipinski definition) is 3. The van der Waals surface area contributed by atoms with Crippen LogP contribution in [0.2, 0.25) is 10.0 Å². The topological polar surface area (TPSA) is 108 Å². The number of carboxylic acids is 1. The molecule has 0 unspecified atom stereocenters. The van der Waals surface area contributed by atoms with Crippen LogP contribution in [-0.4, -0.2) is 39.6 Å². The Hall–Kier alpha value is -2.92. The van der Waals surface area contributed by atoms with Gasteiger partial charge in [-0.15, -0.1) is 0 Å². The first-order valence-electron chi connectivity index (χ1n) is 9.33. The molecule has 33 heavy (non-hydrogen) atoms. The van der Waals surface area contributed by atoms with Gasteiger partial charge in [0.05, 0.1) is 22.3 Å². The van der Waals surface area contributed by atoms with Crippen LogP contribution in [0.1, 0.15) is 41.9 Å². The summed E-state index contributed by atoms with van der Waals surface area (Å²) in [7, 11) is 0. The minimum Gasteiger partial charge on any atom is -0.478 e. The van der Waals surface area contributed by atoms with Crippen molar-refractivity contribution < 1.29 is 37.1 Å². The lowest BCUT2D eigenvalue weighted by atomic mass is 10.00. The van der Waals surface area contributed by atoms with E-state index in [1.165, 1.54) is 19.1 Å². The summed E-state index contributed by atoms with van der Waals surface area (Å²) in [5.41, 5.74) is -2.22. The average molecular weight is 508 g/mol. The summed E-state index contributed by atoms with van der Waals surface area (Å²) in [6.07, 6.45) is -4.01. The van der Waals surface area contributed by atoms with Gasteiger partial charge in [-0.25, -0.2) is 9.18 Å². The second kappa shape index (κ2) is 8.79. The van der Waals surface area contributed by atoms with Gasteiger partial charge in [0, 0.05) is 22.3 Å². The summed E-state index contributed by atoms with van der Waals surface area (Å²) in [4.78, 5) is 39.1. The zero-order valence-corrected chi connectivity index (χ0v) is 18.2. The number of alkyl halides is 3. The van der Waals surface area contributed by atoms with Crippen LogP contribution in [0.4, 0.5) is 17.6 Å². The van der Waals surface area contributed by atoms with Crippen LogP contribution in [0.15, 0.2) is 24.4 Å². The van der Waals surface area contributed by atoms with Crippen LogP contribution in [0.5, 0.6) is 0 Å². The van der Waals surface area contributed by atoms with Crippen molar-refractivity contribution in [1.29, 1.82) is 0 Å². The molecule has 1 heterocycles. The third kappa shape index (κ3) is 5.19. The van der Waals surface area contributed by atoms with Gasteiger partial charge in [-0.05, 0) is 38.0 Å². The van der Waals surface area contributed by atoms with E-state index in [4.69, 9.17) is 23.2 Å². The first-order valence-corrected chi connectivity index (χ1v) is 10.1. The molecule has 1 saturated carbocycles. The summed E-state index contributed by atoms with van der Waals surface area (Å²) in [5.74, 6) is -5.44. The number of carboxylic acid groups (broad SMARTS) is 1. The van der Waals surface area contributed by atoms with Crippen LogP contribution in [-0.2, 0) is 9.59 Å². The molecule has 3 N–H and O–H groups in total. The van der Waals surface area contributed by atoms with Crippen molar-refractivity contribution in [3.05, 3.63) is 51.5 Å². The Morgan fingerprint density at radius 2 is 1.82 bits per heavy atom. The highest BCUT2D eigenvalue weighted by atomic mass is 35.5. The molecule has 0 spiro atoms. The van der Waals surface area contributed by atoms with E-state index in [9.17, 15) is 37.1 Å². The molecule has 176 valence electrons. The normalized spacial score (nSPS) is 15.5. The monoisotopic (exact) mass is 507 g/mol. The molecule has 2 amide bonds. The van der Waals surface area contributed by atoms with E-state index >= 15 is 0 Å². The van der Waals surface area contributed by atoms with Gasteiger partial charge in [-0.1, -0.05) is 23.2 Å². The number of aromatic carboxylic acids is 1. The van der Waals surface area contributed by atoms with Crippen LogP contribution < -0.4 is 10.6 Å². The van der Waals surface area contributed by atoms with Crippen molar-refractivity contribution in [1.82, 2.24) is 15.6 Å². The van der Waals surface area contributed by atoms with Gasteiger partial charge in [0.2, 0.25) is 5.91 Å². The van der Waals surface area contributed by atoms with E-state index in [0.29, 0.717) is 0 Å². The quantitative estimate of drug-likeness (QED) is 0.505. The summed E-state index contributed by atoms with van der Waals surface area (Å²) in [6, 6.07) is 2.39. The van der Waals surface area contributed by atoms with Crippen LogP contribution >= 0.6 is 23.2 Å². The fourth-order valence-corrected chi connectivity index (χ4v) is 3.73. The number of benzene rings is 1. The summed E-state index contributed by atoms with van der Waals surface area (Å²) in [6.45, 7) is 1.35. The molecule has 13 heteroatoms. The predicted molar refractivity (Wildman–Crippen MR) is 109 cm³/mol. The number of carbonyl (C=O) groups is 3. The van der Waals surface area contributed by atoms with E-state index in [1.54, 1.807) is 5.32 Å². The Morgan fingerprint density at radius 1 is 1.18 bits per heavy atom. The largest absolute Gasteiger partial charge is 0.478 e. The van der Waals surface area contributed by atoms with Crippen molar-refractivity contribution in [3.63, 3.8) is 0 Å². The lowest BCUT2D eigenvalue weighted by Crippen LogP contribution is -2.53. The lowest BCUT2D eigenvalue weighted by Gasteiger charge is -2.21. The van der Waals surface area contributed by atoms with Gasteiger partial charge in [0.15, 0.2) is 0 Å². The Balaban J connectivity index is 1.82. The smallest absolute Gasteiger partial charge is 0.471 e. The van der Waals surface area contributed by atoms with Crippen LogP contribution in [0.25, 0.3) is 11.1 Å². The number of rotatable bonds is 6. The maximum Gasteiger partial charge on any atom is 0.471 e. The van der Waals surface area contributed by atoms with Crippen LogP contribution in [0.3, 0.4) is 0 Å². The second-order valence-corrected chi connectivity index (χ2v) is 8.28. The zero-order valence-electron chi connectivity index (χ0n) is 16.7.